The summed E-state index contributed by atoms with van der Waals surface area (Å²) in [6.07, 6.45) is 3.24. The highest BCUT2D eigenvalue weighted by molar-refractivity contribution is 5.87. The summed E-state index contributed by atoms with van der Waals surface area (Å²) in [5.74, 6) is -1.01. The molecule has 27 heavy (non-hydrogen) atoms. The Balaban J connectivity index is 1.82. The Morgan fingerprint density at radius 3 is 2.85 bits per heavy atom. The smallest absolute Gasteiger partial charge is 0.287 e. The number of hydrogen-bond acceptors (Lipinski definition) is 2. The van der Waals surface area contributed by atoms with Gasteiger partial charge in [0.25, 0.3) is 5.92 Å². The molecule has 0 radical (unpaired) electrons. The van der Waals surface area contributed by atoms with Crippen molar-refractivity contribution in [3.05, 3.63) is 29.5 Å². The minimum atomic E-state index is -2.87. The van der Waals surface area contributed by atoms with E-state index in [0.717, 1.165) is 37.0 Å². The fourth-order valence-corrected chi connectivity index (χ4v) is 5.18. The molecule has 5 heteroatoms. The van der Waals surface area contributed by atoms with Crippen LogP contribution in [0.3, 0.4) is 0 Å². The monoisotopic (exact) mass is 376 g/mol. The van der Waals surface area contributed by atoms with Crippen molar-refractivity contribution in [1.82, 2.24) is 9.88 Å². The molecule has 2 aliphatic rings. The van der Waals surface area contributed by atoms with Crippen LogP contribution in [-0.4, -0.2) is 36.1 Å². The predicted octanol–water partition coefficient (Wildman–Crippen LogP) is 5.51. The van der Waals surface area contributed by atoms with Crippen molar-refractivity contribution < 1.29 is 13.5 Å². The van der Waals surface area contributed by atoms with Gasteiger partial charge in [-0.05, 0) is 49.8 Å². The Hall–Kier alpha value is -1.62. The average Bonchev–Trinajstić information content (AvgIpc) is 3.01. The van der Waals surface area contributed by atoms with Crippen molar-refractivity contribution in [2.24, 2.45) is 11.8 Å². The summed E-state index contributed by atoms with van der Waals surface area (Å²) in [6, 6.07) is 5.57. The normalized spacial score (nSPS) is 30.6. The van der Waals surface area contributed by atoms with Crippen LogP contribution in [0.5, 0.6) is 5.75 Å². The number of piperidine rings is 1. The van der Waals surface area contributed by atoms with Gasteiger partial charge in [-0.25, -0.2) is 0 Å². The van der Waals surface area contributed by atoms with Gasteiger partial charge in [0.05, 0.1) is 19.2 Å². The van der Waals surface area contributed by atoms with Gasteiger partial charge in [0.2, 0.25) is 0 Å². The van der Waals surface area contributed by atoms with Crippen LogP contribution < -0.4 is 4.74 Å². The lowest BCUT2D eigenvalue weighted by Gasteiger charge is -2.42. The maximum Gasteiger partial charge on any atom is 0.287 e. The van der Waals surface area contributed by atoms with Crippen LogP contribution in [0.25, 0.3) is 10.9 Å². The summed E-state index contributed by atoms with van der Waals surface area (Å²) < 4.78 is 36.1. The third-order valence-electron chi connectivity index (χ3n) is 6.84. The molecule has 3 nitrogen and oxygen atoms in total. The Morgan fingerprint density at radius 2 is 2.15 bits per heavy atom. The number of fused-ring (bicyclic) bond motifs is 6. The van der Waals surface area contributed by atoms with Crippen LogP contribution >= 0.6 is 0 Å². The summed E-state index contributed by atoms with van der Waals surface area (Å²) >= 11 is 0. The molecule has 3 unspecified atom stereocenters. The van der Waals surface area contributed by atoms with Crippen molar-refractivity contribution in [2.75, 3.05) is 20.2 Å². The van der Waals surface area contributed by atoms with E-state index in [1.165, 1.54) is 0 Å². The second-order valence-electron chi connectivity index (χ2n) is 8.66. The van der Waals surface area contributed by atoms with Crippen LogP contribution in [0.4, 0.5) is 8.78 Å². The number of alkyl halides is 2. The van der Waals surface area contributed by atoms with Gasteiger partial charge in [-0.3, -0.25) is 4.90 Å². The summed E-state index contributed by atoms with van der Waals surface area (Å²) in [4.78, 5) is 5.40. The third kappa shape index (κ3) is 3.14. The number of rotatable bonds is 4. The predicted molar refractivity (Wildman–Crippen MR) is 105 cm³/mol. The Morgan fingerprint density at radius 1 is 1.37 bits per heavy atom. The quantitative estimate of drug-likeness (QED) is 0.762. The van der Waals surface area contributed by atoms with E-state index in [1.54, 1.807) is 13.2 Å². The molecule has 3 heterocycles. The molecule has 0 saturated carbocycles. The number of methoxy groups -OCH3 is 1. The third-order valence-corrected chi connectivity index (χ3v) is 6.84. The van der Waals surface area contributed by atoms with E-state index in [9.17, 15) is 0 Å². The molecule has 2 aliphatic heterocycles. The number of hydrogen-bond donors (Lipinski definition) is 1. The van der Waals surface area contributed by atoms with E-state index < -0.39 is 5.92 Å². The zero-order valence-electron chi connectivity index (χ0n) is 16.7. The molecule has 4 rings (SSSR count). The molecule has 2 aromatic rings. The van der Waals surface area contributed by atoms with E-state index in [0.29, 0.717) is 23.0 Å². The first kappa shape index (κ1) is 18.7. The molecule has 0 amide bonds. The van der Waals surface area contributed by atoms with Crippen LogP contribution in [-0.2, 0) is 5.92 Å². The molecular formula is C22H30F2N2O. The van der Waals surface area contributed by atoms with Gasteiger partial charge in [-0.1, -0.05) is 20.3 Å². The van der Waals surface area contributed by atoms with Crippen LogP contribution in [0.1, 0.15) is 57.2 Å². The fourth-order valence-electron chi connectivity index (χ4n) is 5.18. The van der Waals surface area contributed by atoms with Crippen LogP contribution in [0.2, 0.25) is 0 Å². The first-order valence-electron chi connectivity index (χ1n) is 10.2. The number of H-pyrrole nitrogens is 1. The highest BCUT2D eigenvalue weighted by atomic mass is 19.3. The molecule has 5 atom stereocenters. The maximum absolute atomic E-state index is 15.4. The highest BCUT2D eigenvalue weighted by Gasteiger charge is 2.49. The molecule has 2 bridgehead atoms. The van der Waals surface area contributed by atoms with Crippen molar-refractivity contribution in [1.29, 1.82) is 0 Å². The minimum absolute atomic E-state index is 0.120. The molecule has 0 spiro atoms. The first-order chi connectivity index (χ1) is 12.8. The lowest BCUT2D eigenvalue weighted by Crippen LogP contribution is -2.47. The average molecular weight is 376 g/mol. The number of nitrogens with zero attached hydrogens (tertiary/aromatic N) is 1. The first-order valence-corrected chi connectivity index (χ1v) is 10.2. The SMILES string of the molecule is CCC(C)C[C@H]1C[C@H]2c3[nH]c4ccc(OC)cc4c3C(F)(F)CN(C1)C2C. The number of ether oxygens (including phenoxy) is 1. The Labute approximate surface area is 160 Å². The molecule has 0 aliphatic carbocycles. The lowest BCUT2D eigenvalue weighted by molar-refractivity contribution is -0.0523. The standard InChI is InChI=1S/C22H30F2N2O/c1-5-13(2)8-15-9-17-14(3)26(11-15)12-22(23,24)20-18-10-16(27-4)6-7-19(18)25-21(17)20/h6-7,10,13-15,17,25H,5,8-9,11-12H2,1-4H3/t13?,14?,15-,17+/m0/s1. The van der Waals surface area contributed by atoms with E-state index in [2.05, 4.69) is 25.8 Å². The largest absolute Gasteiger partial charge is 0.497 e. The zero-order valence-corrected chi connectivity index (χ0v) is 16.7. The van der Waals surface area contributed by atoms with Crippen LogP contribution in [0, 0.1) is 11.8 Å². The Kier molecular flexibility index (Phi) is 4.69. The van der Waals surface area contributed by atoms with Gasteiger partial charge < -0.3 is 9.72 Å². The minimum Gasteiger partial charge on any atom is -0.497 e. The number of aromatic nitrogens is 1. The number of nitrogens with one attached hydrogen (secondary N) is 1. The van der Waals surface area contributed by atoms with Crippen LogP contribution in [0.15, 0.2) is 18.2 Å². The maximum atomic E-state index is 15.4. The van der Waals surface area contributed by atoms with Crippen molar-refractivity contribution in [3.8, 4) is 5.75 Å². The summed E-state index contributed by atoms with van der Waals surface area (Å²) in [6.45, 7) is 7.18. The van der Waals surface area contributed by atoms with Gasteiger partial charge in [-0.15, -0.1) is 0 Å². The van der Waals surface area contributed by atoms with E-state index in [-0.39, 0.29) is 24.1 Å². The van der Waals surface area contributed by atoms with Gasteiger partial charge in [0.1, 0.15) is 5.75 Å². The Bertz CT molecular complexity index is 831. The summed E-state index contributed by atoms with van der Waals surface area (Å²) in [7, 11) is 1.57. The topological polar surface area (TPSA) is 28.3 Å². The zero-order chi connectivity index (χ0) is 19.3. The van der Waals surface area contributed by atoms with Gasteiger partial charge in [-0.2, -0.15) is 8.78 Å². The highest BCUT2D eigenvalue weighted by Crippen LogP contribution is 2.49. The molecule has 148 valence electrons. The molecule has 1 saturated heterocycles. The fraction of sp³-hybridized carbons (Fsp3) is 0.636. The molecule has 1 fully saturated rings. The van der Waals surface area contributed by atoms with E-state index in [1.807, 2.05) is 17.0 Å². The van der Waals surface area contributed by atoms with Gasteiger partial charge >= 0.3 is 0 Å². The summed E-state index contributed by atoms with van der Waals surface area (Å²) in [5, 5.41) is 0.605. The molecular weight excluding hydrogens is 346 g/mol. The molecule has 1 N–H and O–H groups in total. The van der Waals surface area contributed by atoms with Crippen molar-refractivity contribution in [2.45, 2.75) is 57.9 Å². The number of halogens is 2. The number of aromatic amines is 1. The van der Waals surface area contributed by atoms with Gasteiger partial charge in [0, 0.05) is 35.1 Å². The van der Waals surface area contributed by atoms with Crippen molar-refractivity contribution >= 4 is 10.9 Å². The second-order valence-corrected chi connectivity index (χ2v) is 8.66. The molecule has 1 aromatic carbocycles. The lowest BCUT2D eigenvalue weighted by atomic mass is 9.78. The summed E-state index contributed by atoms with van der Waals surface area (Å²) in [5.41, 5.74) is 1.72. The molecule has 1 aromatic heterocycles. The van der Waals surface area contributed by atoms with E-state index >= 15 is 8.78 Å². The number of benzene rings is 1. The van der Waals surface area contributed by atoms with Crippen molar-refractivity contribution in [3.63, 3.8) is 0 Å². The van der Waals surface area contributed by atoms with E-state index in [4.69, 9.17) is 4.74 Å². The van der Waals surface area contributed by atoms with Gasteiger partial charge in [0.15, 0.2) is 0 Å². The second kappa shape index (κ2) is 6.77.